The molecule has 5 heteroatoms. The Balaban J connectivity index is 1.19. The fraction of sp³-hybridized carbons (Fsp3) is 0.346. The van der Waals surface area contributed by atoms with Gasteiger partial charge in [0.25, 0.3) is 0 Å². The molecule has 3 heterocycles. The molecule has 2 aromatic carbocycles. The van der Waals surface area contributed by atoms with E-state index in [0.717, 1.165) is 55.8 Å². The summed E-state index contributed by atoms with van der Waals surface area (Å²) in [7, 11) is 0. The van der Waals surface area contributed by atoms with Gasteiger partial charge < -0.3 is 15.0 Å². The van der Waals surface area contributed by atoms with Crippen LogP contribution < -0.4 is 4.90 Å². The lowest BCUT2D eigenvalue weighted by molar-refractivity contribution is -0.116. The van der Waals surface area contributed by atoms with Gasteiger partial charge in [0.1, 0.15) is 0 Å². The third-order valence-corrected chi connectivity index (χ3v) is 6.71. The highest BCUT2D eigenvalue weighted by molar-refractivity contribution is 5.94. The number of benzene rings is 2. The predicted octanol–water partition coefficient (Wildman–Crippen LogP) is 4.29. The maximum Gasteiger partial charge on any atom is 0.223 e. The van der Waals surface area contributed by atoms with Crippen LogP contribution in [0.1, 0.15) is 42.6 Å². The summed E-state index contributed by atoms with van der Waals surface area (Å²) in [5.74, 6) is 0.0807. The Labute approximate surface area is 183 Å². The van der Waals surface area contributed by atoms with Crippen molar-refractivity contribution in [2.45, 2.75) is 32.3 Å². The van der Waals surface area contributed by atoms with Gasteiger partial charge in [-0.1, -0.05) is 36.4 Å². The molecule has 160 valence electrons. The van der Waals surface area contributed by atoms with Crippen LogP contribution in [0, 0.1) is 0 Å². The molecule has 2 aliphatic rings. The van der Waals surface area contributed by atoms with E-state index in [2.05, 4.69) is 52.5 Å². The van der Waals surface area contributed by atoms with Crippen LogP contribution in [0.25, 0.3) is 16.5 Å². The molecule has 0 radical (unpaired) electrons. The molecule has 2 aliphatic heterocycles. The first-order chi connectivity index (χ1) is 15.1. The number of hydrogen-bond acceptors (Lipinski definition) is 3. The number of H-pyrrole nitrogens is 1. The van der Waals surface area contributed by atoms with Crippen LogP contribution in [0.5, 0.6) is 0 Å². The molecule has 0 saturated heterocycles. The van der Waals surface area contributed by atoms with Crippen molar-refractivity contribution in [2.24, 2.45) is 0 Å². The Morgan fingerprint density at radius 3 is 2.84 bits per heavy atom. The highest BCUT2D eigenvalue weighted by Gasteiger charge is 2.23. The van der Waals surface area contributed by atoms with Crippen LogP contribution in [0.4, 0.5) is 5.69 Å². The van der Waals surface area contributed by atoms with E-state index in [-0.39, 0.29) is 5.91 Å². The first-order valence-electron chi connectivity index (χ1n) is 11.2. The van der Waals surface area contributed by atoms with Crippen molar-refractivity contribution < 1.29 is 9.90 Å². The molecule has 31 heavy (non-hydrogen) atoms. The highest BCUT2D eigenvalue weighted by atomic mass is 16.3. The minimum absolute atomic E-state index is 0.0807. The number of aliphatic hydroxyl groups excluding tert-OH is 1. The second kappa shape index (κ2) is 8.33. The molecule has 5 rings (SSSR count). The Morgan fingerprint density at radius 1 is 1.16 bits per heavy atom. The number of aliphatic hydroxyl groups is 1. The van der Waals surface area contributed by atoms with Crippen molar-refractivity contribution in [2.75, 3.05) is 31.1 Å². The van der Waals surface area contributed by atoms with Crippen molar-refractivity contribution >= 4 is 28.1 Å². The van der Waals surface area contributed by atoms with Gasteiger partial charge in [0, 0.05) is 61.5 Å². The highest BCUT2D eigenvalue weighted by Crippen LogP contribution is 2.32. The quantitative estimate of drug-likeness (QED) is 0.654. The van der Waals surface area contributed by atoms with Crippen LogP contribution in [0.15, 0.2) is 54.7 Å². The van der Waals surface area contributed by atoms with E-state index in [1.807, 2.05) is 17.0 Å². The van der Waals surface area contributed by atoms with Gasteiger partial charge in [-0.05, 0) is 48.1 Å². The summed E-state index contributed by atoms with van der Waals surface area (Å²) >= 11 is 0. The van der Waals surface area contributed by atoms with Crippen molar-refractivity contribution in [3.8, 4) is 0 Å². The lowest BCUT2D eigenvalue weighted by Gasteiger charge is -2.27. The van der Waals surface area contributed by atoms with E-state index >= 15 is 0 Å². The lowest BCUT2D eigenvalue weighted by Crippen LogP contribution is -2.30. The van der Waals surface area contributed by atoms with E-state index in [9.17, 15) is 9.90 Å². The number of anilines is 1. The molecule has 0 fully saturated rings. The average molecular weight is 416 g/mol. The summed E-state index contributed by atoms with van der Waals surface area (Å²) in [4.78, 5) is 19.3. The van der Waals surface area contributed by atoms with Crippen molar-refractivity contribution in [3.63, 3.8) is 0 Å². The summed E-state index contributed by atoms with van der Waals surface area (Å²) in [6.07, 6.45) is 6.58. The SMILES string of the molecule is CC(=O)N1CCc2cc(C(O)CCN3CC=C(c4c[nH]c5ccccc45)CC3)ccc21. The molecular weight excluding hydrogens is 386 g/mol. The van der Waals surface area contributed by atoms with E-state index in [4.69, 9.17) is 0 Å². The molecule has 0 bridgehead atoms. The number of fused-ring (bicyclic) bond motifs is 2. The fourth-order valence-electron chi connectivity index (χ4n) is 4.92. The number of aromatic nitrogens is 1. The molecule has 3 aromatic rings. The minimum Gasteiger partial charge on any atom is -0.388 e. The van der Waals surface area contributed by atoms with Gasteiger partial charge in [-0.15, -0.1) is 0 Å². The van der Waals surface area contributed by atoms with Gasteiger partial charge in [-0.3, -0.25) is 9.69 Å². The number of hydrogen-bond donors (Lipinski definition) is 2. The standard InChI is InChI=1S/C26H29N3O2/c1-18(30)29-15-10-20-16-21(6-7-25(20)29)26(31)11-14-28-12-8-19(9-13-28)23-17-27-24-5-3-2-4-22(23)24/h2-8,16-17,26-27,31H,9-15H2,1H3. The van der Waals surface area contributed by atoms with Crippen LogP contribution in [0.2, 0.25) is 0 Å². The Kier molecular flexibility index (Phi) is 5.38. The molecule has 0 aliphatic carbocycles. The first kappa shape index (κ1) is 20.0. The van der Waals surface area contributed by atoms with E-state index < -0.39 is 6.10 Å². The molecule has 2 N–H and O–H groups in total. The zero-order valence-corrected chi connectivity index (χ0v) is 18.0. The Hall–Kier alpha value is -2.89. The zero-order chi connectivity index (χ0) is 21.4. The third kappa shape index (κ3) is 3.91. The molecule has 1 atom stereocenters. The number of para-hydroxylation sites is 1. The monoisotopic (exact) mass is 415 g/mol. The summed E-state index contributed by atoms with van der Waals surface area (Å²) in [5, 5.41) is 12.0. The van der Waals surface area contributed by atoms with Crippen LogP contribution in [-0.4, -0.2) is 47.1 Å². The van der Waals surface area contributed by atoms with Crippen molar-refractivity contribution in [3.05, 3.63) is 71.4 Å². The molecule has 1 aromatic heterocycles. The number of nitrogens with one attached hydrogen (secondary N) is 1. The molecular formula is C26H29N3O2. The summed E-state index contributed by atoms with van der Waals surface area (Å²) in [6, 6.07) is 14.5. The predicted molar refractivity (Wildman–Crippen MR) is 125 cm³/mol. The third-order valence-electron chi connectivity index (χ3n) is 6.71. The summed E-state index contributed by atoms with van der Waals surface area (Å²) in [5.41, 5.74) is 7.02. The molecule has 1 amide bonds. The normalized spacial score (nSPS) is 17.6. The average Bonchev–Trinajstić information content (AvgIpc) is 3.42. The van der Waals surface area contributed by atoms with Gasteiger partial charge >= 0.3 is 0 Å². The number of carbonyl (C=O) groups is 1. The number of aromatic amines is 1. The fourth-order valence-corrected chi connectivity index (χ4v) is 4.92. The number of nitrogens with zero attached hydrogens (tertiary/aromatic N) is 2. The second-order valence-corrected chi connectivity index (χ2v) is 8.64. The lowest BCUT2D eigenvalue weighted by atomic mass is 9.98. The van der Waals surface area contributed by atoms with E-state index in [1.165, 1.54) is 22.0 Å². The smallest absolute Gasteiger partial charge is 0.223 e. The van der Waals surface area contributed by atoms with E-state index in [1.54, 1.807) is 6.92 Å². The topological polar surface area (TPSA) is 59.6 Å². The van der Waals surface area contributed by atoms with Gasteiger partial charge in [-0.25, -0.2) is 0 Å². The summed E-state index contributed by atoms with van der Waals surface area (Å²) < 4.78 is 0. The largest absolute Gasteiger partial charge is 0.388 e. The van der Waals surface area contributed by atoms with Gasteiger partial charge in [-0.2, -0.15) is 0 Å². The zero-order valence-electron chi connectivity index (χ0n) is 18.0. The minimum atomic E-state index is -0.476. The molecule has 0 saturated carbocycles. The van der Waals surface area contributed by atoms with Gasteiger partial charge in [0.15, 0.2) is 0 Å². The Morgan fingerprint density at radius 2 is 2.03 bits per heavy atom. The second-order valence-electron chi connectivity index (χ2n) is 8.64. The maximum absolute atomic E-state index is 11.7. The van der Waals surface area contributed by atoms with Gasteiger partial charge in [0.2, 0.25) is 5.91 Å². The molecule has 0 spiro atoms. The molecule has 1 unspecified atom stereocenters. The van der Waals surface area contributed by atoms with Crippen LogP contribution in [-0.2, 0) is 11.2 Å². The number of rotatable bonds is 5. The maximum atomic E-state index is 11.7. The van der Waals surface area contributed by atoms with E-state index in [0.29, 0.717) is 6.42 Å². The van der Waals surface area contributed by atoms with Crippen LogP contribution >= 0.6 is 0 Å². The number of carbonyl (C=O) groups excluding carboxylic acids is 1. The first-order valence-corrected chi connectivity index (χ1v) is 11.2. The van der Waals surface area contributed by atoms with Gasteiger partial charge in [0.05, 0.1) is 6.10 Å². The van der Waals surface area contributed by atoms with Crippen molar-refractivity contribution in [1.29, 1.82) is 0 Å². The Bertz CT molecular complexity index is 1150. The molecule has 5 nitrogen and oxygen atoms in total. The summed E-state index contributed by atoms with van der Waals surface area (Å²) in [6.45, 7) is 5.14. The van der Waals surface area contributed by atoms with Crippen molar-refractivity contribution in [1.82, 2.24) is 9.88 Å². The number of amides is 1. The van der Waals surface area contributed by atoms with Crippen LogP contribution in [0.3, 0.4) is 0 Å².